The molecule has 3 aromatic rings. The van der Waals surface area contributed by atoms with Gasteiger partial charge in [0.1, 0.15) is 15.7 Å². The van der Waals surface area contributed by atoms with Crippen molar-refractivity contribution in [2.45, 2.75) is 24.8 Å². The molecule has 0 bridgehead atoms. The lowest BCUT2D eigenvalue weighted by atomic mass is 10.2. The molecule has 0 saturated carbocycles. The van der Waals surface area contributed by atoms with Gasteiger partial charge in [0.2, 0.25) is 10.0 Å². The monoisotopic (exact) mass is 339 g/mol. The van der Waals surface area contributed by atoms with E-state index in [1.807, 2.05) is 6.92 Å². The number of thiazole rings is 1. The van der Waals surface area contributed by atoms with Crippen molar-refractivity contribution in [1.82, 2.24) is 14.7 Å². The topological polar surface area (TPSA) is 74.8 Å². The van der Waals surface area contributed by atoms with Gasteiger partial charge in [-0.3, -0.25) is 0 Å². The van der Waals surface area contributed by atoms with Gasteiger partial charge in [0, 0.05) is 22.8 Å². The summed E-state index contributed by atoms with van der Waals surface area (Å²) < 4.78 is 41.6. The van der Waals surface area contributed by atoms with E-state index in [9.17, 15) is 12.8 Å². The van der Waals surface area contributed by atoms with Gasteiger partial charge in [0.15, 0.2) is 0 Å². The Bertz CT molecular complexity index is 931. The summed E-state index contributed by atoms with van der Waals surface area (Å²) in [5.41, 5.74) is 0.443. The average molecular weight is 339 g/mol. The summed E-state index contributed by atoms with van der Waals surface area (Å²) in [5, 5.41) is 0.735. The maximum Gasteiger partial charge on any atom is 0.243 e. The summed E-state index contributed by atoms with van der Waals surface area (Å²) in [6, 6.07) is 3.91. The van der Waals surface area contributed by atoms with Crippen LogP contribution < -0.4 is 4.72 Å². The van der Waals surface area contributed by atoms with Crippen LogP contribution in [0, 0.1) is 12.7 Å². The number of H-pyrrole nitrogens is 1. The minimum Gasteiger partial charge on any atom is -0.360 e. The number of sulfonamides is 1. The van der Waals surface area contributed by atoms with Crippen LogP contribution in [0.1, 0.15) is 22.9 Å². The van der Waals surface area contributed by atoms with Crippen LogP contribution in [0.4, 0.5) is 4.39 Å². The van der Waals surface area contributed by atoms with E-state index in [4.69, 9.17) is 0 Å². The highest BCUT2D eigenvalue weighted by atomic mass is 32.2. The zero-order valence-electron chi connectivity index (χ0n) is 11.9. The first-order chi connectivity index (χ1) is 10.4. The first-order valence-electron chi connectivity index (χ1n) is 6.59. The third-order valence-corrected chi connectivity index (χ3v) is 5.91. The molecule has 0 aliphatic carbocycles. The van der Waals surface area contributed by atoms with Crippen LogP contribution in [0.2, 0.25) is 0 Å². The van der Waals surface area contributed by atoms with Gasteiger partial charge in [0.05, 0.1) is 11.4 Å². The summed E-state index contributed by atoms with van der Waals surface area (Å²) in [5.74, 6) is -0.572. The molecule has 5 nitrogen and oxygen atoms in total. The molecule has 0 aliphatic rings. The largest absolute Gasteiger partial charge is 0.360 e. The molecule has 22 heavy (non-hydrogen) atoms. The summed E-state index contributed by atoms with van der Waals surface area (Å²) in [4.78, 5) is 7.85. The minimum absolute atomic E-state index is 0.0671. The van der Waals surface area contributed by atoms with Crippen LogP contribution in [0.5, 0.6) is 0 Å². The van der Waals surface area contributed by atoms with Crippen molar-refractivity contribution in [1.29, 1.82) is 0 Å². The Hall–Kier alpha value is -1.77. The smallest absolute Gasteiger partial charge is 0.243 e. The highest BCUT2D eigenvalue weighted by molar-refractivity contribution is 7.89. The number of aryl methyl sites for hydroxylation is 1. The fourth-order valence-electron chi connectivity index (χ4n) is 2.24. The van der Waals surface area contributed by atoms with E-state index in [2.05, 4.69) is 14.7 Å². The predicted molar refractivity (Wildman–Crippen MR) is 83.8 cm³/mol. The first kappa shape index (κ1) is 15.1. The fraction of sp³-hybridized carbons (Fsp3) is 0.214. The van der Waals surface area contributed by atoms with Crippen molar-refractivity contribution in [3.05, 3.63) is 46.3 Å². The molecule has 0 spiro atoms. The maximum absolute atomic E-state index is 14.0. The van der Waals surface area contributed by atoms with E-state index < -0.39 is 21.9 Å². The number of hydrogen-bond donors (Lipinski definition) is 2. The Morgan fingerprint density at radius 3 is 2.86 bits per heavy atom. The van der Waals surface area contributed by atoms with Gasteiger partial charge in [-0.15, -0.1) is 11.3 Å². The number of nitrogens with one attached hydrogen (secondary N) is 2. The summed E-state index contributed by atoms with van der Waals surface area (Å²) >= 11 is 1.42. The van der Waals surface area contributed by atoms with E-state index in [-0.39, 0.29) is 10.3 Å². The van der Waals surface area contributed by atoms with Crippen LogP contribution in [0.15, 0.2) is 35.5 Å². The van der Waals surface area contributed by atoms with Crippen molar-refractivity contribution >= 4 is 32.3 Å². The van der Waals surface area contributed by atoms with Crippen molar-refractivity contribution in [3.63, 3.8) is 0 Å². The minimum atomic E-state index is -3.86. The number of hydrogen-bond acceptors (Lipinski definition) is 4. The standard InChI is InChI=1S/C14H14FN3O2S2/c1-8-6-17-14(21-8)9(2)18-22(19,20)12-7-16-11-5-3-4-10(15)13(11)12/h3-7,9,16,18H,1-2H3. The second-order valence-corrected chi connectivity index (χ2v) is 7.92. The Kier molecular flexibility index (Phi) is 3.75. The molecule has 1 aromatic carbocycles. The van der Waals surface area contributed by atoms with Gasteiger partial charge in [-0.2, -0.15) is 0 Å². The number of benzene rings is 1. The molecule has 2 aromatic heterocycles. The zero-order valence-corrected chi connectivity index (χ0v) is 13.6. The number of halogens is 1. The molecule has 0 amide bonds. The molecule has 0 saturated heterocycles. The maximum atomic E-state index is 14.0. The molecule has 0 radical (unpaired) electrons. The molecule has 0 fully saturated rings. The number of fused-ring (bicyclic) bond motifs is 1. The Balaban J connectivity index is 1.98. The Labute approximate surface area is 131 Å². The lowest BCUT2D eigenvalue weighted by molar-refractivity contribution is 0.566. The molecular weight excluding hydrogens is 325 g/mol. The lowest BCUT2D eigenvalue weighted by Crippen LogP contribution is -2.26. The average Bonchev–Trinajstić information content (AvgIpc) is 3.05. The second kappa shape index (κ2) is 5.45. The van der Waals surface area contributed by atoms with Gasteiger partial charge in [-0.05, 0) is 26.0 Å². The molecule has 116 valence electrons. The van der Waals surface area contributed by atoms with Crippen LogP contribution in [0.3, 0.4) is 0 Å². The summed E-state index contributed by atoms with van der Waals surface area (Å²) in [6.07, 6.45) is 2.99. The SMILES string of the molecule is Cc1cnc(C(C)NS(=O)(=O)c2c[nH]c3cccc(F)c23)s1. The van der Waals surface area contributed by atoms with Gasteiger partial charge in [-0.1, -0.05) is 6.07 Å². The van der Waals surface area contributed by atoms with Crippen LogP contribution >= 0.6 is 11.3 Å². The molecule has 1 unspecified atom stereocenters. The van der Waals surface area contributed by atoms with E-state index in [1.54, 1.807) is 19.2 Å². The molecule has 0 aliphatic heterocycles. The highest BCUT2D eigenvalue weighted by Gasteiger charge is 2.24. The summed E-state index contributed by atoms with van der Waals surface area (Å²) in [7, 11) is -3.86. The van der Waals surface area contributed by atoms with Crippen molar-refractivity contribution in [2.75, 3.05) is 0 Å². The molecule has 1 atom stereocenters. The van der Waals surface area contributed by atoms with Crippen molar-refractivity contribution in [3.8, 4) is 0 Å². The zero-order chi connectivity index (χ0) is 15.9. The molecule has 2 heterocycles. The van der Waals surface area contributed by atoms with E-state index in [1.165, 1.54) is 29.7 Å². The van der Waals surface area contributed by atoms with Crippen LogP contribution in [-0.2, 0) is 10.0 Å². The molecular formula is C14H14FN3O2S2. The molecule has 3 rings (SSSR count). The first-order valence-corrected chi connectivity index (χ1v) is 8.89. The van der Waals surface area contributed by atoms with Gasteiger partial charge in [0.25, 0.3) is 0 Å². The second-order valence-electron chi connectivity index (χ2n) is 4.97. The highest BCUT2D eigenvalue weighted by Crippen LogP contribution is 2.27. The number of rotatable bonds is 4. The third-order valence-electron chi connectivity index (χ3n) is 3.25. The number of aromatic amines is 1. The van der Waals surface area contributed by atoms with Crippen molar-refractivity contribution in [2.24, 2.45) is 0 Å². The molecule has 2 N–H and O–H groups in total. The predicted octanol–water partition coefficient (Wildman–Crippen LogP) is 3.11. The van der Waals surface area contributed by atoms with Crippen molar-refractivity contribution < 1.29 is 12.8 Å². The molecule has 8 heteroatoms. The Morgan fingerprint density at radius 2 is 2.18 bits per heavy atom. The third kappa shape index (κ3) is 2.65. The summed E-state index contributed by atoms with van der Waals surface area (Å²) in [6.45, 7) is 3.61. The normalized spacial score (nSPS) is 13.6. The Morgan fingerprint density at radius 1 is 1.41 bits per heavy atom. The van der Waals surface area contributed by atoms with Crippen LogP contribution in [-0.4, -0.2) is 18.4 Å². The fourth-order valence-corrected chi connectivity index (χ4v) is 4.49. The lowest BCUT2D eigenvalue weighted by Gasteiger charge is -2.11. The quantitative estimate of drug-likeness (QED) is 0.767. The van der Waals surface area contributed by atoms with E-state index in [0.29, 0.717) is 10.5 Å². The number of nitrogens with zero attached hydrogens (tertiary/aromatic N) is 1. The van der Waals surface area contributed by atoms with Gasteiger partial charge < -0.3 is 4.98 Å². The van der Waals surface area contributed by atoms with Gasteiger partial charge in [-0.25, -0.2) is 22.5 Å². The van der Waals surface area contributed by atoms with E-state index >= 15 is 0 Å². The van der Waals surface area contributed by atoms with E-state index in [0.717, 1.165) is 4.88 Å². The number of aromatic nitrogens is 2. The van der Waals surface area contributed by atoms with Gasteiger partial charge >= 0.3 is 0 Å². The van der Waals surface area contributed by atoms with Crippen LogP contribution in [0.25, 0.3) is 10.9 Å².